The molecular formula is C9H12ClN3O. The fraction of sp³-hybridized carbons (Fsp3) is 0.222. The molecule has 0 spiro atoms. The Bertz CT molecular complexity index is 341. The molecule has 0 bridgehead atoms. The Morgan fingerprint density at radius 1 is 1.57 bits per heavy atom. The molecule has 0 aliphatic heterocycles. The minimum absolute atomic E-state index is 0.276. The molecule has 2 amide bonds. The maximum atomic E-state index is 11.1. The lowest BCUT2D eigenvalue weighted by atomic mass is 10.3. The number of nitrogen functional groups attached to an aromatic ring is 1. The van der Waals surface area contributed by atoms with Crippen LogP contribution >= 0.6 is 11.6 Å². The highest BCUT2D eigenvalue weighted by Gasteiger charge is 2.03. The van der Waals surface area contributed by atoms with Gasteiger partial charge in [-0.1, -0.05) is 11.6 Å². The summed E-state index contributed by atoms with van der Waals surface area (Å²) in [5, 5.41) is 5.75. The molecule has 14 heavy (non-hydrogen) atoms. The average Bonchev–Trinajstić information content (AvgIpc) is 2.10. The van der Waals surface area contributed by atoms with Crippen molar-refractivity contribution >= 4 is 29.0 Å². The van der Waals surface area contributed by atoms with Gasteiger partial charge >= 0.3 is 6.03 Å². The van der Waals surface area contributed by atoms with Crippen molar-refractivity contribution in [1.29, 1.82) is 0 Å². The molecule has 4 N–H and O–H groups in total. The summed E-state index contributed by atoms with van der Waals surface area (Å²) < 4.78 is 0. The highest BCUT2D eigenvalue weighted by atomic mass is 35.5. The predicted octanol–water partition coefficient (Wildman–Crippen LogP) is 2.06. The van der Waals surface area contributed by atoms with Gasteiger partial charge in [0, 0.05) is 11.6 Å². The van der Waals surface area contributed by atoms with Crippen LogP contribution < -0.4 is 16.4 Å². The van der Waals surface area contributed by atoms with Crippen LogP contribution in [0.25, 0.3) is 0 Å². The van der Waals surface area contributed by atoms with E-state index in [9.17, 15) is 4.79 Å². The zero-order chi connectivity index (χ0) is 10.6. The Labute approximate surface area is 87.4 Å². The number of benzene rings is 1. The van der Waals surface area contributed by atoms with E-state index < -0.39 is 0 Å². The summed E-state index contributed by atoms with van der Waals surface area (Å²) in [7, 11) is 0. The van der Waals surface area contributed by atoms with E-state index in [2.05, 4.69) is 10.6 Å². The van der Waals surface area contributed by atoms with E-state index in [1.165, 1.54) is 0 Å². The summed E-state index contributed by atoms with van der Waals surface area (Å²) in [6, 6.07) is 4.64. The summed E-state index contributed by atoms with van der Waals surface area (Å²) >= 11 is 5.71. The molecule has 1 rings (SSSR count). The molecule has 76 valence electrons. The summed E-state index contributed by atoms with van der Waals surface area (Å²) in [6.07, 6.45) is 0. The molecule has 0 aliphatic rings. The molecule has 0 fully saturated rings. The molecule has 0 atom stereocenters. The molecular weight excluding hydrogens is 202 g/mol. The van der Waals surface area contributed by atoms with Crippen LogP contribution in [-0.4, -0.2) is 12.6 Å². The van der Waals surface area contributed by atoms with Crippen LogP contribution in [0.3, 0.4) is 0 Å². The van der Waals surface area contributed by atoms with Gasteiger partial charge in [0.25, 0.3) is 0 Å². The molecule has 0 radical (unpaired) electrons. The predicted molar refractivity (Wildman–Crippen MR) is 58.6 cm³/mol. The number of carbonyl (C=O) groups is 1. The number of rotatable bonds is 2. The third kappa shape index (κ3) is 2.81. The van der Waals surface area contributed by atoms with E-state index in [4.69, 9.17) is 17.3 Å². The number of hydrogen-bond acceptors (Lipinski definition) is 2. The van der Waals surface area contributed by atoms with Crippen molar-refractivity contribution in [1.82, 2.24) is 5.32 Å². The zero-order valence-corrected chi connectivity index (χ0v) is 8.56. The van der Waals surface area contributed by atoms with Gasteiger partial charge in [-0.05, 0) is 25.1 Å². The summed E-state index contributed by atoms with van der Waals surface area (Å²) in [4.78, 5) is 11.1. The second-order valence-electron chi connectivity index (χ2n) is 2.72. The van der Waals surface area contributed by atoms with E-state index in [-0.39, 0.29) is 6.03 Å². The first-order valence-corrected chi connectivity index (χ1v) is 4.61. The second-order valence-corrected chi connectivity index (χ2v) is 3.15. The highest BCUT2D eigenvalue weighted by Crippen LogP contribution is 2.22. The maximum Gasteiger partial charge on any atom is 0.319 e. The first kappa shape index (κ1) is 10.7. The average molecular weight is 214 g/mol. The lowest BCUT2D eigenvalue weighted by Crippen LogP contribution is -2.28. The minimum atomic E-state index is -0.276. The van der Waals surface area contributed by atoms with Crippen molar-refractivity contribution in [3.63, 3.8) is 0 Å². The number of amides is 2. The molecule has 0 saturated carbocycles. The summed E-state index contributed by atoms with van der Waals surface area (Å²) in [5.74, 6) is 0. The van der Waals surface area contributed by atoms with E-state index in [0.717, 1.165) is 0 Å². The second kappa shape index (κ2) is 4.72. The van der Waals surface area contributed by atoms with Crippen molar-refractivity contribution in [3.05, 3.63) is 23.2 Å². The van der Waals surface area contributed by atoms with Gasteiger partial charge in [-0.15, -0.1) is 0 Å². The van der Waals surface area contributed by atoms with Crippen molar-refractivity contribution in [2.24, 2.45) is 0 Å². The van der Waals surface area contributed by atoms with Gasteiger partial charge < -0.3 is 16.4 Å². The summed E-state index contributed by atoms with van der Waals surface area (Å²) in [5.41, 5.74) is 6.64. The number of nitrogens with one attached hydrogen (secondary N) is 2. The van der Waals surface area contributed by atoms with Gasteiger partial charge in [-0.25, -0.2) is 4.79 Å². The topological polar surface area (TPSA) is 67.2 Å². The highest BCUT2D eigenvalue weighted by molar-refractivity contribution is 6.31. The minimum Gasteiger partial charge on any atom is -0.397 e. The van der Waals surface area contributed by atoms with Gasteiger partial charge in [0.1, 0.15) is 0 Å². The molecule has 0 unspecified atom stereocenters. The quantitative estimate of drug-likeness (QED) is 0.659. The van der Waals surface area contributed by atoms with Crippen LogP contribution in [0.5, 0.6) is 0 Å². The Morgan fingerprint density at radius 2 is 2.29 bits per heavy atom. The molecule has 0 aliphatic carbocycles. The number of hydrogen-bond donors (Lipinski definition) is 3. The van der Waals surface area contributed by atoms with Crippen LogP contribution in [-0.2, 0) is 0 Å². The smallest absolute Gasteiger partial charge is 0.319 e. The van der Waals surface area contributed by atoms with Gasteiger partial charge in [0.15, 0.2) is 0 Å². The number of urea groups is 1. The monoisotopic (exact) mass is 213 g/mol. The molecule has 1 aromatic carbocycles. The molecule has 0 heterocycles. The van der Waals surface area contributed by atoms with Crippen LogP contribution in [0.2, 0.25) is 5.02 Å². The van der Waals surface area contributed by atoms with Crippen molar-refractivity contribution in [2.45, 2.75) is 6.92 Å². The normalized spacial score (nSPS) is 9.57. The molecule has 0 saturated heterocycles. The van der Waals surface area contributed by atoms with E-state index in [1.54, 1.807) is 18.2 Å². The van der Waals surface area contributed by atoms with Gasteiger partial charge in [0.2, 0.25) is 0 Å². The van der Waals surface area contributed by atoms with Crippen molar-refractivity contribution < 1.29 is 4.79 Å². The fourth-order valence-corrected chi connectivity index (χ4v) is 1.16. The summed E-state index contributed by atoms with van der Waals surface area (Å²) in [6.45, 7) is 2.41. The first-order chi connectivity index (χ1) is 6.63. The van der Waals surface area contributed by atoms with Gasteiger partial charge in [-0.3, -0.25) is 0 Å². The van der Waals surface area contributed by atoms with E-state index >= 15 is 0 Å². The van der Waals surface area contributed by atoms with Crippen molar-refractivity contribution in [2.75, 3.05) is 17.6 Å². The fourth-order valence-electron chi connectivity index (χ4n) is 0.974. The SMILES string of the molecule is CCNC(=O)Nc1ccc(Cl)cc1N. The number of halogens is 1. The Kier molecular flexibility index (Phi) is 3.59. The molecule has 0 aromatic heterocycles. The van der Waals surface area contributed by atoms with Crippen LogP contribution in [0.1, 0.15) is 6.92 Å². The van der Waals surface area contributed by atoms with Crippen molar-refractivity contribution in [3.8, 4) is 0 Å². The molecule has 5 heteroatoms. The Hall–Kier alpha value is -1.42. The van der Waals surface area contributed by atoms with Gasteiger partial charge in [-0.2, -0.15) is 0 Å². The molecule has 1 aromatic rings. The number of anilines is 2. The maximum absolute atomic E-state index is 11.1. The lowest BCUT2D eigenvalue weighted by Gasteiger charge is -2.08. The van der Waals surface area contributed by atoms with Crippen LogP contribution in [0.15, 0.2) is 18.2 Å². The largest absolute Gasteiger partial charge is 0.397 e. The van der Waals surface area contributed by atoms with Crippen LogP contribution in [0, 0.1) is 0 Å². The Morgan fingerprint density at radius 3 is 2.86 bits per heavy atom. The van der Waals surface area contributed by atoms with E-state index in [0.29, 0.717) is 22.9 Å². The number of carbonyl (C=O) groups excluding carboxylic acids is 1. The number of nitrogens with two attached hydrogens (primary N) is 1. The molecule has 4 nitrogen and oxygen atoms in total. The van der Waals surface area contributed by atoms with E-state index in [1.807, 2.05) is 6.92 Å². The third-order valence-corrected chi connectivity index (χ3v) is 1.83. The van der Waals surface area contributed by atoms with Crippen LogP contribution in [0.4, 0.5) is 16.2 Å². The third-order valence-electron chi connectivity index (χ3n) is 1.60. The Balaban J connectivity index is 2.72. The zero-order valence-electron chi connectivity index (χ0n) is 7.80. The first-order valence-electron chi connectivity index (χ1n) is 4.23. The van der Waals surface area contributed by atoms with Gasteiger partial charge in [0.05, 0.1) is 11.4 Å². The lowest BCUT2D eigenvalue weighted by molar-refractivity contribution is 0.252. The standard InChI is InChI=1S/C9H12ClN3O/c1-2-12-9(14)13-8-4-3-6(10)5-7(8)11/h3-5H,2,11H2,1H3,(H2,12,13,14).